The molecule has 0 spiro atoms. The molecule has 0 aliphatic carbocycles. The van der Waals surface area contributed by atoms with Gasteiger partial charge < -0.3 is 15.0 Å². The van der Waals surface area contributed by atoms with Crippen molar-refractivity contribution in [3.63, 3.8) is 0 Å². The van der Waals surface area contributed by atoms with Crippen molar-refractivity contribution in [2.45, 2.75) is 44.2 Å². The fourth-order valence-electron chi connectivity index (χ4n) is 4.84. The van der Waals surface area contributed by atoms with Crippen molar-refractivity contribution in [2.75, 3.05) is 46.4 Å². The first-order valence-electron chi connectivity index (χ1n) is 10.7. The van der Waals surface area contributed by atoms with E-state index in [9.17, 15) is 0 Å². The van der Waals surface area contributed by atoms with E-state index in [0.717, 1.165) is 44.7 Å². The molecule has 6 heteroatoms. The zero-order chi connectivity index (χ0) is 18.5. The normalized spacial score (nSPS) is 26.6. The number of likely N-dealkylation sites (tertiary alicyclic amines) is 1. The van der Waals surface area contributed by atoms with Crippen LogP contribution in [0.3, 0.4) is 0 Å². The predicted octanol–water partition coefficient (Wildman–Crippen LogP) is 3.00. The van der Waals surface area contributed by atoms with Gasteiger partial charge in [0.25, 0.3) is 0 Å². The number of benzene rings is 1. The van der Waals surface area contributed by atoms with Crippen LogP contribution in [0.1, 0.15) is 31.2 Å². The standard InChI is InChI=1S/C22H34N4O.HI/c1-23-22(24-15-21-16-26-11-5-8-20(26)17-27-21)25-12-9-19(10-13-25)14-18-6-3-2-4-7-18;/h2-4,6-7,19-21H,5,8-17H2,1H3,(H,23,24);1H. The quantitative estimate of drug-likeness (QED) is 0.394. The molecular formula is C22H35IN4O. The molecule has 3 heterocycles. The van der Waals surface area contributed by atoms with E-state index in [1.807, 2.05) is 7.05 Å². The van der Waals surface area contributed by atoms with Gasteiger partial charge in [-0.1, -0.05) is 30.3 Å². The van der Waals surface area contributed by atoms with Crippen LogP contribution in [-0.4, -0.2) is 74.3 Å². The van der Waals surface area contributed by atoms with Crippen LogP contribution in [0, 0.1) is 5.92 Å². The number of piperidine rings is 1. The molecule has 0 amide bonds. The zero-order valence-corrected chi connectivity index (χ0v) is 19.4. The summed E-state index contributed by atoms with van der Waals surface area (Å²) in [5, 5.41) is 3.58. The molecule has 0 aromatic heterocycles. The highest BCUT2D eigenvalue weighted by Crippen LogP contribution is 2.23. The van der Waals surface area contributed by atoms with E-state index in [-0.39, 0.29) is 30.1 Å². The maximum atomic E-state index is 6.08. The molecular weight excluding hydrogens is 463 g/mol. The molecule has 0 bridgehead atoms. The number of guanidine groups is 1. The number of aliphatic imine (C=N–C) groups is 1. The lowest BCUT2D eigenvalue weighted by molar-refractivity contribution is -0.0455. The highest BCUT2D eigenvalue weighted by atomic mass is 127. The second-order valence-corrected chi connectivity index (χ2v) is 8.29. The molecule has 4 rings (SSSR count). The van der Waals surface area contributed by atoms with Crippen molar-refractivity contribution in [1.82, 2.24) is 15.1 Å². The minimum Gasteiger partial charge on any atom is -0.373 e. The van der Waals surface area contributed by atoms with Crippen LogP contribution < -0.4 is 5.32 Å². The molecule has 3 saturated heterocycles. The molecule has 0 radical (unpaired) electrons. The highest BCUT2D eigenvalue weighted by molar-refractivity contribution is 14.0. The summed E-state index contributed by atoms with van der Waals surface area (Å²) in [5.74, 6) is 1.83. The minimum absolute atomic E-state index is 0. The number of morpholine rings is 1. The molecule has 1 aromatic rings. The summed E-state index contributed by atoms with van der Waals surface area (Å²) >= 11 is 0. The van der Waals surface area contributed by atoms with E-state index in [2.05, 4.69) is 50.4 Å². The topological polar surface area (TPSA) is 40.1 Å². The monoisotopic (exact) mass is 498 g/mol. The van der Waals surface area contributed by atoms with Crippen molar-refractivity contribution in [2.24, 2.45) is 10.9 Å². The minimum atomic E-state index is 0. The van der Waals surface area contributed by atoms with Crippen LogP contribution in [0.2, 0.25) is 0 Å². The van der Waals surface area contributed by atoms with E-state index in [0.29, 0.717) is 6.04 Å². The summed E-state index contributed by atoms with van der Waals surface area (Å²) in [6.45, 7) is 6.26. The number of rotatable bonds is 4. The van der Waals surface area contributed by atoms with Gasteiger partial charge in [-0.3, -0.25) is 9.89 Å². The Morgan fingerprint density at radius 2 is 1.93 bits per heavy atom. The third kappa shape index (κ3) is 5.60. The maximum absolute atomic E-state index is 6.08. The number of nitrogens with zero attached hydrogens (tertiary/aromatic N) is 3. The summed E-state index contributed by atoms with van der Waals surface area (Å²) in [6, 6.07) is 11.6. The summed E-state index contributed by atoms with van der Waals surface area (Å²) in [4.78, 5) is 9.56. The van der Waals surface area contributed by atoms with E-state index >= 15 is 0 Å². The fourth-order valence-corrected chi connectivity index (χ4v) is 4.84. The van der Waals surface area contributed by atoms with Gasteiger partial charge in [0.2, 0.25) is 0 Å². The fraction of sp³-hybridized carbons (Fsp3) is 0.682. The van der Waals surface area contributed by atoms with Gasteiger partial charge in [-0.05, 0) is 50.1 Å². The van der Waals surface area contributed by atoms with Gasteiger partial charge in [0.05, 0.1) is 12.7 Å². The molecule has 3 aliphatic rings. The lowest BCUT2D eigenvalue weighted by atomic mass is 9.90. The van der Waals surface area contributed by atoms with Gasteiger partial charge in [0.15, 0.2) is 5.96 Å². The van der Waals surface area contributed by atoms with Crippen LogP contribution in [0.5, 0.6) is 0 Å². The summed E-state index contributed by atoms with van der Waals surface area (Å²) in [7, 11) is 1.90. The Balaban J connectivity index is 0.00000225. The van der Waals surface area contributed by atoms with E-state index in [1.165, 1.54) is 44.2 Å². The van der Waals surface area contributed by atoms with Crippen molar-refractivity contribution in [3.05, 3.63) is 35.9 Å². The van der Waals surface area contributed by atoms with E-state index in [1.54, 1.807) is 0 Å². The Labute approximate surface area is 186 Å². The Hall–Kier alpha value is -0.860. The van der Waals surface area contributed by atoms with Gasteiger partial charge >= 0.3 is 0 Å². The van der Waals surface area contributed by atoms with Crippen LogP contribution in [0.25, 0.3) is 0 Å². The third-order valence-electron chi connectivity index (χ3n) is 6.44. The molecule has 2 unspecified atom stereocenters. The Morgan fingerprint density at radius 3 is 2.68 bits per heavy atom. The van der Waals surface area contributed by atoms with Gasteiger partial charge in [0.1, 0.15) is 0 Å². The molecule has 1 aromatic carbocycles. The number of fused-ring (bicyclic) bond motifs is 1. The number of hydrogen-bond donors (Lipinski definition) is 1. The lowest BCUT2D eigenvalue weighted by Gasteiger charge is -2.37. The summed E-state index contributed by atoms with van der Waals surface area (Å²) in [5.41, 5.74) is 1.47. The van der Waals surface area contributed by atoms with E-state index in [4.69, 9.17) is 4.74 Å². The lowest BCUT2D eigenvalue weighted by Crippen LogP contribution is -2.52. The number of halogens is 1. The van der Waals surface area contributed by atoms with Crippen LogP contribution in [0.15, 0.2) is 35.3 Å². The second-order valence-electron chi connectivity index (χ2n) is 8.29. The first-order valence-corrected chi connectivity index (χ1v) is 10.7. The molecule has 3 aliphatic heterocycles. The van der Waals surface area contributed by atoms with Gasteiger partial charge in [-0.2, -0.15) is 0 Å². The van der Waals surface area contributed by atoms with Gasteiger partial charge in [0, 0.05) is 39.3 Å². The molecule has 5 nitrogen and oxygen atoms in total. The summed E-state index contributed by atoms with van der Waals surface area (Å²) < 4.78 is 6.08. The highest BCUT2D eigenvalue weighted by Gasteiger charge is 2.32. The maximum Gasteiger partial charge on any atom is 0.193 e. The molecule has 156 valence electrons. The average Bonchev–Trinajstić information content (AvgIpc) is 3.18. The van der Waals surface area contributed by atoms with Crippen molar-refractivity contribution in [1.29, 1.82) is 0 Å². The first-order chi connectivity index (χ1) is 13.3. The Morgan fingerprint density at radius 1 is 1.14 bits per heavy atom. The molecule has 2 atom stereocenters. The predicted molar refractivity (Wildman–Crippen MR) is 126 cm³/mol. The SMILES string of the molecule is CN=C(NCC1CN2CCCC2CO1)N1CCC(Cc2ccccc2)CC1.I. The van der Waals surface area contributed by atoms with E-state index < -0.39 is 0 Å². The Bertz CT molecular complexity index is 618. The van der Waals surface area contributed by atoms with Crippen molar-refractivity contribution in [3.8, 4) is 0 Å². The number of ether oxygens (including phenoxy) is 1. The average molecular weight is 498 g/mol. The van der Waals surface area contributed by atoms with Crippen LogP contribution >= 0.6 is 24.0 Å². The molecule has 28 heavy (non-hydrogen) atoms. The second kappa shape index (κ2) is 10.8. The number of nitrogens with one attached hydrogen (secondary N) is 1. The van der Waals surface area contributed by atoms with Crippen LogP contribution in [0.4, 0.5) is 0 Å². The van der Waals surface area contributed by atoms with Crippen molar-refractivity contribution < 1.29 is 4.74 Å². The largest absolute Gasteiger partial charge is 0.373 e. The zero-order valence-electron chi connectivity index (χ0n) is 17.1. The smallest absolute Gasteiger partial charge is 0.193 e. The first kappa shape index (κ1) is 21.8. The molecule has 0 saturated carbocycles. The van der Waals surface area contributed by atoms with Gasteiger partial charge in [-0.25, -0.2) is 0 Å². The third-order valence-corrected chi connectivity index (χ3v) is 6.44. The number of hydrogen-bond acceptors (Lipinski definition) is 3. The summed E-state index contributed by atoms with van der Waals surface area (Å²) in [6.07, 6.45) is 6.60. The molecule has 3 fully saturated rings. The van der Waals surface area contributed by atoms with Gasteiger partial charge in [-0.15, -0.1) is 24.0 Å². The molecule has 1 N–H and O–H groups in total. The van der Waals surface area contributed by atoms with Crippen molar-refractivity contribution >= 4 is 29.9 Å². The van der Waals surface area contributed by atoms with Crippen LogP contribution in [-0.2, 0) is 11.2 Å². The Kier molecular flexibility index (Phi) is 8.41.